The zero-order valence-electron chi connectivity index (χ0n) is 10.8. The lowest BCUT2D eigenvalue weighted by Gasteiger charge is -2.11. The highest BCUT2D eigenvalue weighted by Crippen LogP contribution is 2.27. The molecule has 0 bridgehead atoms. The average molecular weight is 376 g/mol. The molecule has 2 rings (SSSR count). The van der Waals surface area contributed by atoms with Crippen LogP contribution in [-0.4, -0.2) is 13.0 Å². The van der Waals surface area contributed by atoms with Crippen molar-refractivity contribution in [1.29, 1.82) is 0 Å². The minimum absolute atomic E-state index is 0.0947. The van der Waals surface area contributed by atoms with Gasteiger partial charge in [0, 0.05) is 29.5 Å². The monoisotopic (exact) mass is 375 g/mol. The maximum Gasteiger partial charge on any atom is 0.264 e. The van der Waals surface area contributed by atoms with Crippen LogP contribution in [0, 0.1) is 5.82 Å². The van der Waals surface area contributed by atoms with E-state index < -0.39 is 20.7 Å². The Morgan fingerprint density at radius 3 is 2.62 bits per heavy atom. The second-order valence-corrected chi connectivity index (χ2v) is 6.78. The summed E-state index contributed by atoms with van der Waals surface area (Å²) in [6.45, 7) is 0. The first-order valence-electron chi connectivity index (χ1n) is 5.65. The first kappa shape index (κ1) is 15.5. The van der Waals surface area contributed by atoms with Crippen LogP contribution in [0.25, 0.3) is 0 Å². The highest BCUT2D eigenvalue weighted by atomic mass is 79.9. The summed E-state index contributed by atoms with van der Waals surface area (Å²) < 4.78 is 41.8. The molecule has 0 aliphatic heterocycles. The first-order valence-corrected chi connectivity index (χ1v) is 7.92. The first-order chi connectivity index (χ1) is 9.70. The van der Waals surface area contributed by atoms with Crippen LogP contribution in [0.4, 0.5) is 15.8 Å². The van der Waals surface area contributed by atoms with Gasteiger partial charge in [-0.1, -0.05) is 0 Å². The third-order valence-corrected chi connectivity index (χ3v) is 4.76. The summed E-state index contributed by atoms with van der Waals surface area (Å²) in [6, 6.07) is 4.48. The highest BCUT2D eigenvalue weighted by Gasteiger charge is 2.21. The molecule has 0 spiro atoms. The fourth-order valence-electron chi connectivity index (χ4n) is 1.62. The Morgan fingerprint density at radius 1 is 1.33 bits per heavy atom. The van der Waals surface area contributed by atoms with E-state index >= 15 is 0 Å². The number of nitrogens with one attached hydrogen (secondary N) is 1. The number of hydrogen-bond donors (Lipinski definition) is 2. The minimum Gasteiger partial charge on any atom is -0.398 e. The number of anilines is 2. The van der Waals surface area contributed by atoms with E-state index in [0.717, 1.165) is 12.1 Å². The third kappa shape index (κ3) is 3.24. The molecule has 0 atom stereocenters. The van der Waals surface area contributed by atoms with Crippen LogP contribution in [-0.2, 0) is 17.1 Å². The molecule has 0 saturated carbocycles. The molecule has 0 radical (unpaired) electrons. The molecule has 1 aromatic heterocycles. The predicted octanol–water partition coefficient (Wildman–Crippen LogP) is 1.67. The molecule has 112 valence electrons. The fraction of sp³-hybridized carbons (Fsp3) is 0.0833. The van der Waals surface area contributed by atoms with Crippen molar-refractivity contribution < 1.29 is 12.8 Å². The van der Waals surface area contributed by atoms with Crippen LogP contribution in [0.5, 0.6) is 0 Å². The Bertz CT molecular complexity index is 865. The Hall–Kier alpha value is -1.87. The molecule has 0 unspecified atom stereocenters. The second-order valence-electron chi connectivity index (χ2n) is 4.28. The summed E-state index contributed by atoms with van der Waals surface area (Å²) in [5.74, 6) is -0.937. The molecule has 0 saturated heterocycles. The molecule has 0 fully saturated rings. The zero-order chi connectivity index (χ0) is 15.8. The van der Waals surface area contributed by atoms with Crippen molar-refractivity contribution in [2.45, 2.75) is 4.90 Å². The van der Waals surface area contributed by atoms with Crippen LogP contribution in [0.2, 0.25) is 0 Å². The zero-order valence-corrected chi connectivity index (χ0v) is 13.2. The molecule has 21 heavy (non-hydrogen) atoms. The van der Waals surface area contributed by atoms with E-state index in [1.54, 1.807) is 0 Å². The number of nitrogens with two attached hydrogens (primary N) is 1. The van der Waals surface area contributed by atoms with Gasteiger partial charge in [0.1, 0.15) is 10.7 Å². The highest BCUT2D eigenvalue weighted by molar-refractivity contribution is 9.10. The van der Waals surface area contributed by atoms with Gasteiger partial charge in [0.2, 0.25) is 5.56 Å². The number of aryl methyl sites for hydroxylation is 1. The number of sulfonamides is 1. The van der Waals surface area contributed by atoms with Crippen LogP contribution in [0.15, 0.2) is 44.6 Å². The molecule has 6 nitrogen and oxygen atoms in total. The Balaban J connectivity index is 2.45. The number of halogens is 2. The lowest BCUT2D eigenvalue weighted by molar-refractivity contribution is 0.570. The van der Waals surface area contributed by atoms with Gasteiger partial charge in [0.05, 0.1) is 5.69 Å². The number of aromatic nitrogens is 1. The largest absolute Gasteiger partial charge is 0.398 e. The van der Waals surface area contributed by atoms with Gasteiger partial charge in [0.15, 0.2) is 0 Å². The summed E-state index contributed by atoms with van der Waals surface area (Å²) in [4.78, 5) is 10.7. The predicted molar refractivity (Wildman–Crippen MR) is 81.0 cm³/mol. The second kappa shape index (κ2) is 5.49. The van der Waals surface area contributed by atoms with Gasteiger partial charge in [-0.15, -0.1) is 0 Å². The van der Waals surface area contributed by atoms with Crippen LogP contribution in [0.1, 0.15) is 0 Å². The number of nitrogens with zero attached hydrogens (tertiary/aromatic N) is 1. The molecule has 1 heterocycles. The van der Waals surface area contributed by atoms with Gasteiger partial charge >= 0.3 is 0 Å². The maximum atomic E-state index is 13.8. The smallest absolute Gasteiger partial charge is 0.264 e. The van der Waals surface area contributed by atoms with Gasteiger partial charge in [0.25, 0.3) is 10.0 Å². The van der Waals surface area contributed by atoms with E-state index in [-0.39, 0.29) is 21.4 Å². The van der Waals surface area contributed by atoms with Crippen molar-refractivity contribution in [2.75, 3.05) is 10.5 Å². The normalized spacial score (nSPS) is 11.4. The minimum atomic E-state index is -4.15. The maximum absolute atomic E-state index is 13.8. The van der Waals surface area contributed by atoms with E-state index in [9.17, 15) is 17.6 Å². The fourth-order valence-corrected chi connectivity index (χ4v) is 3.07. The van der Waals surface area contributed by atoms with Crippen molar-refractivity contribution in [3.63, 3.8) is 0 Å². The Morgan fingerprint density at radius 2 is 2.00 bits per heavy atom. The van der Waals surface area contributed by atoms with Crippen molar-refractivity contribution >= 4 is 37.3 Å². The van der Waals surface area contributed by atoms with Gasteiger partial charge in [-0.2, -0.15) is 0 Å². The summed E-state index contributed by atoms with van der Waals surface area (Å²) in [5, 5.41) is 0. The summed E-state index contributed by atoms with van der Waals surface area (Å²) >= 11 is 3.01. The van der Waals surface area contributed by atoms with Crippen LogP contribution in [0.3, 0.4) is 0 Å². The standard InChI is InChI=1S/C12H11BrFN3O3S/c1-17-6-7(2-3-12(17)18)16-21(19,20)11-5-10(15)8(13)4-9(11)14/h2-6,16H,15H2,1H3. The molecule has 0 aliphatic carbocycles. The number of pyridine rings is 1. The molecule has 1 aromatic carbocycles. The number of hydrogen-bond acceptors (Lipinski definition) is 4. The van der Waals surface area contributed by atoms with E-state index in [1.165, 1.54) is 29.9 Å². The van der Waals surface area contributed by atoms with Crippen molar-refractivity contribution in [3.05, 3.63) is 51.1 Å². The van der Waals surface area contributed by atoms with Gasteiger partial charge in [-0.3, -0.25) is 9.52 Å². The Labute approximate surface area is 128 Å². The summed E-state index contributed by atoms with van der Waals surface area (Å²) in [7, 11) is -2.68. The van der Waals surface area contributed by atoms with Gasteiger partial charge < -0.3 is 10.3 Å². The third-order valence-electron chi connectivity index (χ3n) is 2.68. The Kier molecular flexibility index (Phi) is 4.06. The van der Waals surface area contributed by atoms with Crippen LogP contribution < -0.4 is 16.0 Å². The van der Waals surface area contributed by atoms with Gasteiger partial charge in [-0.05, 0) is 34.1 Å². The van der Waals surface area contributed by atoms with Crippen LogP contribution >= 0.6 is 15.9 Å². The average Bonchev–Trinajstić information content (AvgIpc) is 2.37. The molecule has 2 aromatic rings. The molecular weight excluding hydrogens is 365 g/mol. The SMILES string of the molecule is Cn1cc(NS(=O)(=O)c2cc(N)c(Br)cc2F)ccc1=O. The van der Waals surface area contributed by atoms with Gasteiger partial charge in [-0.25, -0.2) is 12.8 Å². The quantitative estimate of drug-likeness (QED) is 0.797. The van der Waals surface area contributed by atoms with Crippen molar-refractivity contribution in [3.8, 4) is 0 Å². The molecule has 9 heteroatoms. The number of nitrogen functional groups attached to an aromatic ring is 1. The molecule has 0 aliphatic rings. The molecular formula is C12H11BrFN3O3S. The van der Waals surface area contributed by atoms with Crippen molar-refractivity contribution in [2.24, 2.45) is 7.05 Å². The van der Waals surface area contributed by atoms with E-state index in [2.05, 4.69) is 20.7 Å². The van der Waals surface area contributed by atoms with E-state index in [1.807, 2.05) is 0 Å². The van der Waals surface area contributed by atoms with Crippen molar-refractivity contribution in [1.82, 2.24) is 4.57 Å². The lowest BCUT2D eigenvalue weighted by atomic mass is 10.3. The van der Waals surface area contributed by atoms with E-state index in [4.69, 9.17) is 5.73 Å². The molecule has 0 amide bonds. The lowest BCUT2D eigenvalue weighted by Crippen LogP contribution is -2.19. The number of benzene rings is 1. The molecule has 3 N–H and O–H groups in total. The summed E-state index contributed by atoms with van der Waals surface area (Å²) in [6.07, 6.45) is 1.29. The van der Waals surface area contributed by atoms with E-state index in [0.29, 0.717) is 0 Å². The topological polar surface area (TPSA) is 94.2 Å². The summed E-state index contributed by atoms with van der Waals surface area (Å²) in [5.41, 5.74) is 5.51. The number of rotatable bonds is 3.